The van der Waals surface area contributed by atoms with E-state index in [0.29, 0.717) is 12.1 Å². The van der Waals surface area contributed by atoms with Crippen LogP contribution in [0.5, 0.6) is 0 Å². The largest absolute Gasteiger partial charge is 0.444 e. The van der Waals surface area contributed by atoms with Gasteiger partial charge in [-0.15, -0.1) is 0 Å². The summed E-state index contributed by atoms with van der Waals surface area (Å²) < 4.78 is 116. The number of amides is 2. The number of piperidine rings is 1. The second-order valence-electron chi connectivity index (χ2n) is 11.8. The van der Waals surface area contributed by atoms with Crippen LogP contribution in [0.15, 0.2) is 42.5 Å². The van der Waals surface area contributed by atoms with Crippen molar-refractivity contribution in [3.8, 4) is 0 Å². The topological polar surface area (TPSA) is 49.9 Å². The van der Waals surface area contributed by atoms with Crippen molar-refractivity contribution in [3.63, 3.8) is 0 Å². The molecule has 1 saturated heterocycles. The van der Waals surface area contributed by atoms with Crippen LogP contribution < -0.4 is 0 Å². The minimum Gasteiger partial charge on any atom is -0.444 e. The zero-order valence-electron chi connectivity index (χ0n) is 24.4. The zero-order chi connectivity index (χ0) is 32.5. The van der Waals surface area contributed by atoms with Gasteiger partial charge in [0.2, 0.25) is 5.91 Å². The molecule has 1 aliphatic rings. The minimum atomic E-state index is -5.07. The average Bonchev–Trinajstić information content (AvgIpc) is 2.89. The van der Waals surface area contributed by atoms with Crippen molar-refractivity contribution in [1.82, 2.24) is 9.80 Å². The molecule has 0 aromatic heterocycles. The van der Waals surface area contributed by atoms with Gasteiger partial charge >= 0.3 is 18.4 Å². The van der Waals surface area contributed by atoms with E-state index < -0.39 is 76.5 Å². The molecular weight excluding hydrogens is 588 g/mol. The minimum absolute atomic E-state index is 0.000889. The number of hydrogen-bond donors (Lipinski definition) is 0. The Morgan fingerprint density at radius 1 is 0.907 bits per heavy atom. The molecular formula is C30H34F8N2O3. The van der Waals surface area contributed by atoms with Crippen molar-refractivity contribution in [2.45, 2.75) is 82.5 Å². The van der Waals surface area contributed by atoms with E-state index in [0.717, 1.165) is 17.0 Å². The van der Waals surface area contributed by atoms with Gasteiger partial charge in [0.1, 0.15) is 17.1 Å². The number of halogens is 8. The first-order valence-electron chi connectivity index (χ1n) is 13.6. The van der Waals surface area contributed by atoms with E-state index in [1.807, 2.05) is 0 Å². The van der Waals surface area contributed by atoms with Crippen molar-refractivity contribution >= 4 is 12.0 Å². The fraction of sp³-hybridized carbons (Fsp3) is 0.533. The van der Waals surface area contributed by atoms with Crippen LogP contribution in [0.1, 0.15) is 81.2 Å². The number of ether oxygens (including phenoxy) is 1. The van der Waals surface area contributed by atoms with E-state index in [1.165, 1.54) is 31.0 Å². The number of carbonyl (C=O) groups excluding carboxylic acids is 2. The maximum Gasteiger partial charge on any atom is 0.416 e. The maximum absolute atomic E-state index is 16.6. The number of nitrogens with zero attached hydrogens (tertiary/aromatic N) is 2. The third kappa shape index (κ3) is 8.60. The van der Waals surface area contributed by atoms with Crippen LogP contribution in [0.25, 0.3) is 0 Å². The summed E-state index contributed by atoms with van der Waals surface area (Å²) in [6.07, 6.45) is -11.7. The SMILES string of the molecule is C[C@H](c1cc(C(F)(F)F)cc(C(F)(F)F)c1)N(C)C(=O)CC(c1ccc(F)cc1)C1(F)CCN(C(=O)OC(C)(C)C)CC1. The van der Waals surface area contributed by atoms with Crippen LogP contribution in [-0.2, 0) is 21.9 Å². The third-order valence-electron chi connectivity index (χ3n) is 7.59. The van der Waals surface area contributed by atoms with Gasteiger partial charge in [0.25, 0.3) is 0 Å². The maximum atomic E-state index is 16.6. The molecule has 43 heavy (non-hydrogen) atoms. The molecule has 238 valence electrons. The lowest BCUT2D eigenvalue weighted by Gasteiger charge is -2.42. The van der Waals surface area contributed by atoms with E-state index in [1.54, 1.807) is 20.8 Å². The van der Waals surface area contributed by atoms with Crippen LogP contribution in [0.3, 0.4) is 0 Å². The van der Waals surface area contributed by atoms with Gasteiger partial charge in [-0.1, -0.05) is 12.1 Å². The number of alkyl halides is 7. The predicted molar refractivity (Wildman–Crippen MR) is 142 cm³/mol. The highest BCUT2D eigenvalue weighted by atomic mass is 19.4. The van der Waals surface area contributed by atoms with Crippen molar-refractivity contribution in [3.05, 3.63) is 70.5 Å². The smallest absolute Gasteiger partial charge is 0.416 e. The van der Waals surface area contributed by atoms with Gasteiger partial charge in [0, 0.05) is 32.5 Å². The van der Waals surface area contributed by atoms with Crippen molar-refractivity contribution in [2.24, 2.45) is 0 Å². The molecule has 3 rings (SSSR count). The Labute approximate surface area is 244 Å². The molecule has 0 spiro atoms. The molecule has 0 radical (unpaired) electrons. The predicted octanol–water partition coefficient (Wildman–Crippen LogP) is 8.30. The first-order valence-corrected chi connectivity index (χ1v) is 13.6. The van der Waals surface area contributed by atoms with Crippen LogP contribution in [0.2, 0.25) is 0 Å². The molecule has 0 N–H and O–H groups in total. The summed E-state index contributed by atoms with van der Waals surface area (Å²) in [5.74, 6) is -2.50. The molecule has 5 nitrogen and oxygen atoms in total. The number of likely N-dealkylation sites (tertiary alicyclic amines) is 1. The van der Waals surface area contributed by atoms with Crippen molar-refractivity contribution in [2.75, 3.05) is 20.1 Å². The van der Waals surface area contributed by atoms with E-state index >= 15 is 4.39 Å². The Morgan fingerprint density at radius 3 is 1.84 bits per heavy atom. The van der Waals surface area contributed by atoms with Crippen molar-refractivity contribution in [1.29, 1.82) is 0 Å². The molecule has 1 heterocycles. The van der Waals surface area contributed by atoms with E-state index in [4.69, 9.17) is 4.74 Å². The van der Waals surface area contributed by atoms with Crippen LogP contribution >= 0.6 is 0 Å². The average molecular weight is 623 g/mol. The first-order chi connectivity index (χ1) is 19.6. The van der Waals surface area contributed by atoms with Gasteiger partial charge in [0.15, 0.2) is 0 Å². The molecule has 0 saturated carbocycles. The fourth-order valence-corrected chi connectivity index (χ4v) is 5.01. The summed E-state index contributed by atoms with van der Waals surface area (Å²) in [6, 6.07) is 4.68. The Balaban J connectivity index is 1.88. The van der Waals surface area contributed by atoms with Gasteiger partial charge in [0.05, 0.1) is 17.2 Å². The lowest BCUT2D eigenvalue weighted by molar-refractivity contribution is -0.143. The highest BCUT2D eigenvalue weighted by Gasteiger charge is 2.45. The first kappa shape index (κ1) is 34.1. The van der Waals surface area contributed by atoms with Crippen LogP contribution in [-0.4, -0.2) is 53.2 Å². The Morgan fingerprint density at radius 2 is 1.40 bits per heavy atom. The van der Waals surface area contributed by atoms with Gasteiger partial charge in [-0.3, -0.25) is 4.79 Å². The zero-order valence-corrected chi connectivity index (χ0v) is 24.4. The van der Waals surface area contributed by atoms with Gasteiger partial charge < -0.3 is 14.5 Å². The number of rotatable bonds is 6. The molecule has 2 amide bonds. The summed E-state index contributed by atoms with van der Waals surface area (Å²) in [6.45, 7) is 6.26. The molecule has 13 heteroatoms. The summed E-state index contributed by atoms with van der Waals surface area (Å²) in [5, 5.41) is 0. The Hall–Kier alpha value is -3.38. The quantitative estimate of drug-likeness (QED) is 0.305. The van der Waals surface area contributed by atoms with E-state index in [2.05, 4.69) is 0 Å². The van der Waals surface area contributed by atoms with Crippen molar-refractivity contribution < 1.29 is 49.4 Å². The lowest BCUT2D eigenvalue weighted by atomic mass is 9.75. The normalized spacial score (nSPS) is 17.3. The number of carbonyl (C=O) groups is 2. The second kappa shape index (κ2) is 12.3. The van der Waals surface area contributed by atoms with Crippen LogP contribution in [0, 0.1) is 5.82 Å². The highest BCUT2D eigenvalue weighted by Crippen LogP contribution is 2.44. The van der Waals surface area contributed by atoms with E-state index in [-0.39, 0.29) is 37.6 Å². The molecule has 2 atom stereocenters. The summed E-state index contributed by atoms with van der Waals surface area (Å²) in [5.41, 5.74) is -5.98. The van der Waals surface area contributed by atoms with Gasteiger partial charge in [-0.2, -0.15) is 26.3 Å². The Kier molecular flexibility index (Phi) is 9.77. The monoisotopic (exact) mass is 622 g/mol. The lowest BCUT2D eigenvalue weighted by Crippen LogP contribution is -2.49. The van der Waals surface area contributed by atoms with Gasteiger partial charge in [-0.05, 0) is 82.0 Å². The molecule has 0 bridgehead atoms. The van der Waals surface area contributed by atoms with E-state index in [9.17, 15) is 40.3 Å². The third-order valence-corrected chi connectivity index (χ3v) is 7.59. The highest BCUT2D eigenvalue weighted by molar-refractivity contribution is 5.77. The summed E-state index contributed by atoms with van der Waals surface area (Å²) >= 11 is 0. The summed E-state index contributed by atoms with van der Waals surface area (Å²) in [7, 11) is 1.21. The number of hydrogen-bond acceptors (Lipinski definition) is 3. The Bertz CT molecular complexity index is 1260. The second-order valence-corrected chi connectivity index (χ2v) is 11.8. The van der Waals surface area contributed by atoms with Gasteiger partial charge in [-0.25, -0.2) is 13.6 Å². The number of benzene rings is 2. The standard InChI is InChI=1S/C30H34F8N2O3/c1-18(20-14-21(29(33,34)35)16-22(15-20)30(36,37)38)39(5)25(41)17-24(19-6-8-23(31)9-7-19)28(32)10-12-40(13-11-28)26(42)43-27(2,3)4/h6-9,14-16,18,24H,10-13,17H2,1-5H3/t18-,24?/m1/s1. The molecule has 1 fully saturated rings. The molecule has 2 aromatic carbocycles. The molecule has 2 aromatic rings. The molecule has 1 unspecified atom stereocenters. The molecule has 0 aliphatic carbocycles. The molecule has 1 aliphatic heterocycles. The summed E-state index contributed by atoms with van der Waals surface area (Å²) in [4.78, 5) is 28.2. The fourth-order valence-electron chi connectivity index (χ4n) is 5.01. The van der Waals surface area contributed by atoms with Crippen LogP contribution in [0.4, 0.5) is 39.9 Å².